The Morgan fingerprint density at radius 1 is 1.00 bits per heavy atom. The first-order valence-corrected chi connectivity index (χ1v) is 8.85. The number of hydrogen-bond donors (Lipinski definition) is 1. The first-order valence-electron chi connectivity index (χ1n) is 8.85. The summed E-state index contributed by atoms with van der Waals surface area (Å²) in [6.07, 6.45) is 13.8. The molecule has 3 heteroatoms. The number of hydrogen-bond acceptors (Lipinski definition) is 3. The molecule has 0 aromatic heterocycles. The minimum absolute atomic E-state index is 0.541. The fourth-order valence-electron chi connectivity index (χ4n) is 3.42. The summed E-state index contributed by atoms with van der Waals surface area (Å²) in [5.74, 6) is 0. The summed E-state index contributed by atoms with van der Waals surface area (Å²) >= 11 is 0. The molecule has 3 unspecified atom stereocenters. The molecule has 3 atom stereocenters. The lowest BCUT2D eigenvalue weighted by Crippen LogP contribution is -2.31. The molecule has 0 spiro atoms. The van der Waals surface area contributed by atoms with E-state index in [9.17, 15) is 0 Å². The van der Waals surface area contributed by atoms with Gasteiger partial charge in [0.25, 0.3) is 0 Å². The highest BCUT2D eigenvalue weighted by molar-refractivity contribution is 4.73. The van der Waals surface area contributed by atoms with Gasteiger partial charge in [-0.25, -0.2) is 0 Å². The second-order valence-corrected chi connectivity index (χ2v) is 6.43. The highest BCUT2D eigenvalue weighted by Crippen LogP contribution is 2.21. The maximum atomic E-state index is 5.75. The summed E-state index contributed by atoms with van der Waals surface area (Å²) in [5.41, 5.74) is 0. The second-order valence-electron chi connectivity index (χ2n) is 6.43. The van der Waals surface area contributed by atoms with Crippen LogP contribution in [0, 0.1) is 0 Å². The van der Waals surface area contributed by atoms with Gasteiger partial charge in [0.1, 0.15) is 0 Å². The molecule has 0 amide bonds. The van der Waals surface area contributed by atoms with Crippen LogP contribution in [0.15, 0.2) is 0 Å². The molecule has 0 saturated carbocycles. The van der Waals surface area contributed by atoms with Gasteiger partial charge in [0.15, 0.2) is 0 Å². The lowest BCUT2D eigenvalue weighted by atomic mass is 9.99. The predicted molar refractivity (Wildman–Crippen MR) is 83.1 cm³/mol. The normalized spacial score (nSPS) is 28.1. The van der Waals surface area contributed by atoms with E-state index < -0.39 is 0 Å². The molecule has 3 nitrogen and oxygen atoms in total. The molecule has 2 rings (SSSR count). The monoisotopic (exact) mass is 283 g/mol. The minimum Gasteiger partial charge on any atom is -0.378 e. The molecular formula is C17H33NO2. The summed E-state index contributed by atoms with van der Waals surface area (Å²) in [7, 11) is 0. The zero-order valence-electron chi connectivity index (χ0n) is 13.2. The maximum Gasteiger partial charge on any atom is 0.0576 e. The van der Waals surface area contributed by atoms with Crippen LogP contribution in [0.4, 0.5) is 0 Å². The third kappa shape index (κ3) is 6.11. The zero-order chi connectivity index (χ0) is 14.0. The Labute approximate surface area is 124 Å². The summed E-state index contributed by atoms with van der Waals surface area (Å²) in [4.78, 5) is 0. The van der Waals surface area contributed by atoms with Gasteiger partial charge in [-0.1, -0.05) is 6.92 Å². The molecular weight excluding hydrogens is 250 g/mol. The number of rotatable bonds is 10. The molecule has 0 radical (unpaired) electrons. The first-order chi connectivity index (χ1) is 9.88. The Kier molecular flexibility index (Phi) is 7.92. The van der Waals surface area contributed by atoms with Gasteiger partial charge in [-0.3, -0.25) is 0 Å². The van der Waals surface area contributed by atoms with Gasteiger partial charge in [0, 0.05) is 19.3 Å². The Bertz CT molecular complexity index is 235. The summed E-state index contributed by atoms with van der Waals surface area (Å²) in [5, 5.41) is 3.72. The summed E-state index contributed by atoms with van der Waals surface area (Å²) in [6.45, 7) is 5.37. The van der Waals surface area contributed by atoms with Gasteiger partial charge in [-0.05, 0) is 70.8 Å². The SMILES string of the molecule is CCCNC(CCCC1CCCO1)CCC1CCCO1. The molecule has 0 aliphatic carbocycles. The van der Waals surface area contributed by atoms with Crippen molar-refractivity contribution in [3.63, 3.8) is 0 Å². The van der Waals surface area contributed by atoms with Crippen LogP contribution in [-0.2, 0) is 9.47 Å². The van der Waals surface area contributed by atoms with Crippen LogP contribution in [0.3, 0.4) is 0 Å². The molecule has 20 heavy (non-hydrogen) atoms. The van der Waals surface area contributed by atoms with Crippen LogP contribution in [0.1, 0.15) is 71.1 Å². The molecule has 2 heterocycles. The van der Waals surface area contributed by atoms with Gasteiger partial charge < -0.3 is 14.8 Å². The van der Waals surface area contributed by atoms with Gasteiger partial charge in [-0.2, -0.15) is 0 Å². The van der Waals surface area contributed by atoms with Crippen LogP contribution in [0.5, 0.6) is 0 Å². The van der Waals surface area contributed by atoms with E-state index in [2.05, 4.69) is 12.2 Å². The Morgan fingerprint density at radius 2 is 1.70 bits per heavy atom. The van der Waals surface area contributed by atoms with Crippen LogP contribution < -0.4 is 5.32 Å². The largest absolute Gasteiger partial charge is 0.378 e. The van der Waals surface area contributed by atoms with Crippen LogP contribution in [-0.4, -0.2) is 38.0 Å². The topological polar surface area (TPSA) is 30.5 Å². The summed E-state index contributed by atoms with van der Waals surface area (Å²) < 4.78 is 11.5. The average molecular weight is 283 g/mol. The van der Waals surface area contributed by atoms with E-state index in [1.165, 1.54) is 64.2 Å². The smallest absolute Gasteiger partial charge is 0.0576 e. The molecule has 1 N–H and O–H groups in total. The van der Waals surface area contributed by atoms with E-state index in [1.807, 2.05) is 0 Å². The molecule has 0 aromatic rings. The van der Waals surface area contributed by atoms with Crippen LogP contribution >= 0.6 is 0 Å². The molecule has 0 bridgehead atoms. The van der Waals surface area contributed by atoms with Crippen molar-refractivity contribution in [1.82, 2.24) is 5.32 Å². The van der Waals surface area contributed by atoms with Gasteiger partial charge in [0.2, 0.25) is 0 Å². The first kappa shape index (κ1) is 16.3. The van der Waals surface area contributed by atoms with Crippen molar-refractivity contribution in [3.05, 3.63) is 0 Å². The van der Waals surface area contributed by atoms with Gasteiger partial charge in [0.05, 0.1) is 12.2 Å². The fourth-order valence-corrected chi connectivity index (χ4v) is 3.42. The predicted octanol–water partition coefficient (Wildman–Crippen LogP) is 3.66. The highest BCUT2D eigenvalue weighted by Gasteiger charge is 2.19. The van der Waals surface area contributed by atoms with E-state index in [0.717, 1.165) is 19.8 Å². The Balaban J connectivity index is 1.59. The van der Waals surface area contributed by atoms with E-state index >= 15 is 0 Å². The third-order valence-electron chi connectivity index (χ3n) is 4.65. The Hall–Kier alpha value is -0.120. The van der Waals surface area contributed by atoms with E-state index in [0.29, 0.717) is 18.2 Å². The van der Waals surface area contributed by atoms with Crippen molar-refractivity contribution in [2.24, 2.45) is 0 Å². The van der Waals surface area contributed by atoms with Crippen molar-refractivity contribution in [3.8, 4) is 0 Å². The van der Waals surface area contributed by atoms with Crippen molar-refractivity contribution in [2.75, 3.05) is 19.8 Å². The Morgan fingerprint density at radius 3 is 2.30 bits per heavy atom. The van der Waals surface area contributed by atoms with E-state index in [1.54, 1.807) is 0 Å². The molecule has 2 aliphatic heterocycles. The summed E-state index contributed by atoms with van der Waals surface area (Å²) in [6, 6.07) is 0.681. The van der Waals surface area contributed by atoms with Crippen molar-refractivity contribution in [1.29, 1.82) is 0 Å². The molecule has 118 valence electrons. The standard InChI is InChI=1S/C17H33NO2/c1-2-12-18-15(10-11-17-9-5-14-20-17)6-3-7-16-8-4-13-19-16/h15-18H,2-14H2,1H3. The minimum atomic E-state index is 0.541. The molecule has 0 aromatic carbocycles. The third-order valence-corrected chi connectivity index (χ3v) is 4.65. The van der Waals surface area contributed by atoms with Crippen molar-refractivity contribution in [2.45, 2.75) is 89.4 Å². The molecule has 2 fully saturated rings. The molecule has 2 aliphatic rings. The van der Waals surface area contributed by atoms with Gasteiger partial charge in [-0.15, -0.1) is 0 Å². The van der Waals surface area contributed by atoms with Gasteiger partial charge >= 0.3 is 0 Å². The van der Waals surface area contributed by atoms with Crippen molar-refractivity contribution >= 4 is 0 Å². The van der Waals surface area contributed by atoms with Crippen molar-refractivity contribution < 1.29 is 9.47 Å². The highest BCUT2D eigenvalue weighted by atomic mass is 16.5. The molecule has 2 saturated heterocycles. The average Bonchev–Trinajstić information content (AvgIpc) is 3.14. The van der Waals surface area contributed by atoms with Crippen LogP contribution in [0.2, 0.25) is 0 Å². The fraction of sp³-hybridized carbons (Fsp3) is 1.00. The lowest BCUT2D eigenvalue weighted by molar-refractivity contribution is 0.0954. The van der Waals surface area contributed by atoms with E-state index in [4.69, 9.17) is 9.47 Å². The van der Waals surface area contributed by atoms with Crippen LogP contribution in [0.25, 0.3) is 0 Å². The quantitative estimate of drug-likeness (QED) is 0.663. The number of ether oxygens (including phenoxy) is 2. The zero-order valence-corrected chi connectivity index (χ0v) is 13.2. The lowest BCUT2D eigenvalue weighted by Gasteiger charge is -2.21. The maximum absolute atomic E-state index is 5.75. The van der Waals surface area contributed by atoms with E-state index in [-0.39, 0.29) is 0 Å². The second kappa shape index (κ2) is 9.75. The number of nitrogens with one attached hydrogen (secondary N) is 1.